The number of benzene rings is 1. The van der Waals surface area contributed by atoms with Gasteiger partial charge in [0.15, 0.2) is 0 Å². The minimum absolute atomic E-state index is 0.196. The maximum atomic E-state index is 6.05. The molecule has 0 spiro atoms. The van der Waals surface area contributed by atoms with Crippen LogP contribution in [0, 0.1) is 6.92 Å². The first-order valence-corrected chi connectivity index (χ1v) is 5.63. The molecule has 17 heavy (non-hydrogen) atoms. The van der Waals surface area contributed by atoms with Gasteiger partial charge in [0.2, 0.25) is 5.95 Å². The van der Waals surface area contributed by atoms with Crippen LogP contribution in [0.25, 0.3) is 0 Å². The van der Waals surface area contributed by atoms with Crippen LogP contribution in [0.4, 0.5) is 17.5 Å². The molecule has 1 aromatic heterocycles. The van der Waals surface area contributed by atoms with E-state index in [9.17, 15) is 0 Å². The summed E-state index contributed by atoms with van der Waals surface area (Å²) in [6, 6.07) is 5.27. The molecular formula is C11H10Cl2N4. The van der Waals surface area contributed by atoms with Crippen LogP contribution in [0.5, 0.6) is 0 Å². The summed E-state index contributed by atoms with van der Waals surface area (Å²) in [6.07, 6.45) is 1.63. The van der Waals surface area contributed by atoms with Crippen LogP contribution in [0.2, 0.25) is 10.0 Å². The van der Waals surface area contributed by atoms with E-state index in [4.69, 9.17) is 28.9 Å². The number of aryl methyl sites for hydroxylation is 1. The lowest BCUT2D eigenvalue weighted by Gasteiger charge is -2.11. The second kappa shape index (κ2) is 4.77. The van der Waals surface area contributed by atoms with Crippen LogP contribution in [-0.4, -0.2) is 9.97 Å². The second-order valence-electron chi connectivity index (χ2n) is 3.48. The molecule has 0 fully saturated rings. The lowest BCUT2D eigenvalue weighted by Crippen LogP contribution is -2.02. The molecule has 0 saturated carbocycles. The van der Waals surface area contributed by atoms with Crippen molar-refractivity contribution in [2.45, 2.75) is 6.92 Å². The summed E-state index contributed by atoms with van der Waals surface area (Å²) in [4.78, 5) is 7.98. The Hall–Kier alpha value is -1.52. The van der Waals surface area contributed by atoms with Crippen LogP contribution in [-0.2, 0) is 0 Å². The molecule has 6 heteroatoms. The summed E-state index contributed by atoms with van der Waals surface area (Å²) in [5, 5.41) is 4.10. The fourth-order valence-corrected chi connectivity index (χ4v) is 1.81. The zero-order valence-corrected chi connectivity index (χ0v) is 10.5. The van der Waals surface area contributed by atoms with Crippen LogP contribution in [0.3, 0.4) is 0 Å². The quantitative estimate of drug-likeness (QED) is 0.876. The van der Waals surface area contributed by atoms with Gasteiger partial charge in [-0.2, -0.15) is 4.98 Å². The topological polar surface area (TPSA) is 63.8 Å². The predicted octanol–water partition coefficient (Wildman–Crippen LogP) is 3.42. The monoisotopic (exact) mass is 268 g/mol. The highest BCUT2D eigenvalue weighted by molar-refractivity contribution is 6.39. The molecule has 2 rings (SSSR count). The van der Waals surface area contributed by atoms with Crippen molar-refractivity contribution in [3.05, 3.63) is 40.0 Å². The minimum atomic E-state index is 0.196. The van der Waals surface area contributed by atoms with Crippen molar-refractivity contribution in [3.8, 4) is 0 Å². The molecule has 3 N–H and O–H groups in total. The summed E-state index contributed by atoms with van der Waals surface area (Å²) in [5.41, 5.74) is 6.99. The molecule has 0 aliphatic rings. The number of nitrogen functional groups attached to an aromatic ring is 1. The zero-order chi connectivity index (χ0) is 12.4. The van der Waals surface area contributed by atoms with Gasteiger partial charge < -0.3 is 11.1 Å². The summed E-state index contributed by atoms with van der Waals surface area (Å²) >= 11 is 12.1. The molecule has 1 heterocycles. The van der Waals surface area contributed by atoms with E-state index in [0.29, 0.717) is 21.6 Å². The lowest BCUT2D eigenvalue weighted by molar-refractivity contribution is 1.15. The number of rotatable bonds is 2. The molecule has 0 aliphatic heterocycles. The van der Waals surface area contributed by atoms with Gasteiger partial charge in [0.25, 0.3) is 0 Å². The minimum Gasteiger partial charge on any atom is -0.368 e. The third-order valence-electron chi connectivity index (χ3n) is 2.20. The van der Waals surface area contributed by atoms with Gasteiger partial charge in [0, 0.05) is 11.8 Å². The molecule has 2 aromatic rings. The number of aromatic nitrogens is 2. The Morgan fingerprint density at radius 1 is 1.24 bits per heavy atom. The Morgan fingerprint density at radius 2 is 1.88 bits per heavy atom. The van der Waals surface area contributed by atoms with E-state index >= 15 is 0 Å². The highest BCUT2D eigenvalue weighted by Gasteiger charge is 2.08. The molecule has 0 saturated heterocycles. The molecule has 4 nitrogen and oxygen atoms in total. The number of hydrogen-bond acceptors (Lipinski definition) is 4. The molecule has 0 radical (unpaired) electrons. The summed E-state index contributed by atoms with van der Waals surface area (Å²) < 4.78 is 0. The molecule has 0 bridgehead atoms. The number of halogens is 2. The van der Waals surface area contributed by atoms with E-state index in [1.807, 2.05) is 6.92 Å². The van der Waals surface area contributed by atoms with Crippen molar-refractivity contribution >= 4 is 40.7 Å². The van der Waals surface area contributed by atoms with E-state index < -0.39 is 0 Å². The normalized spacial score (nSPS) is 10.3. The van der Waals surface area contributed by atoms with Crippen molar-refractivity contribution in [1.82, 2.24) is 9.97 Å². The molecule has 0 unspecified atom stereocenters. The first-order valence-electron chi connectivity index (χ1n) is 4.88. The van der Waals surface area contributed by atoms with Crippen molar-refractivity contribution < 1.29 is 0 Å². The first kappa shape index (κ1) is 12.0. The van der Waals surface area contributed by atoms with Gasteiger partial charge in [-0.25, -0.2) is 4.98 Å². The summed E-state index contributed by atoms with van der Waals surface area (Å²) in [6.45, 7) is 1.87. The second-order valence-corrected chi connectivity index (χ2v) is 4.30. The number of anilines is 3. The first-order chi connectivity index (χ1) is 8.08. The fraction of sp³-hybridized carbons (Fsp3) is 0.0909. The smallest absolute Gasteiger partial charge is 0.221 e. The van der Waals surface area contributed by atoms with E-state index in [0.717, 1.165) is 5.56 Å². The number of nitrogens with zero attached hydrogens (tertiary/aromatic N) is 2. The third-order valence-corrected chi connectivity index (χ3v) is 2.83. The lowest BCUT2D eigenvalue weighted by atomic mass is 10.3. The molecule has 0 amide bonds. The van der Waals surface area contributed by atoms with E-state index in [1.165, 1.54) is 0 Å². The zero-order valence-electron chi connectivity index (χ0n) is 9.04. The highest BCUT2D eigenvalue weighted by atomic mass is 35.5. The van der Waals surface area contributed by atoms with Crippen molar-refractivity contribution in [1.29, 1.82) is 0 Å². The largest absolute Gasteiger partial charge is 0.368 e. The Labute approximate surface area is 109 Å². The average Bonchev–Trinajstić information content (AvgIpc) is 2.28. The number of para-hydroxylation sites is 1. The van der Waals surface area contributed by atoms with Gasteiger partial charge in [-0.15, -0.1) is 0 Å². The van der Waals surface area contributed by atoms with Crippen molar-refractivity contribution in [2.75, 3.05) is 11.1 Å². The SMILES string of the molecule is Cc1cnc(N)nc1Nc1c(Cl)cccc1Cl. The Bertz CT molecular complexity index is 537. The predicted molar refractivity (Wildman–Crippen MR) is 70.9 cm³/mol. The number of hydrogen-bond donors (Lipinski definition) is 2. The highest BCUT2D eigenvalue weighted by Crippen LogP contribution is 2.32. The van der Waals surface area contributed by atoms with Gasteiger partial charge in [-0.3, -0.25) is 0 Å². The molecule has 0 atom stereocenters. The Morgan fingerprint density at radius 3 is 2.53 bits per heavy atom. The van der Waals surface area contributed by atoms with Gasteiger partial charge >= 0.3 is 0 Å². The van der Waals surface area contributed by atoms with Crippen LogP contribution in [0.15, 0.2) is 24.4 Å². The van der Waals surface area contributed by atoms with Crippen molar-refractivity contribution in [3.63, 3.8) is 0 Å². The maximum Gasteiger partial charge on any atom is 0.221 e. The van der Waals surface area contributed by atoms with E-state index in [-0.39, 0.29) is 5.95 Å². The molecule has 88 valence electrons. The summed E-state index contributed by atoms with van der Waals surface area (Å²) in [5.74, 6) is 0.786. The van der Waals surface area contributed by atoms with Crippen molar-refractivity contribution in [2.24, 2.45) is 0 Å². The van der Waals surface area contributed by atoms with Gasteiger partial charge in [0.05, 0.1) is 15.7 Å². The average molecular weight is 269 g/mol. The Kier molecular flexibility index (Phi) is 3.36. The molecular weight excluding hydrogens is 259 g/mol. The van der Waals surface area contributed by atoms with Crippen LogP contribution in [0.1, 0.15) is 5.56 Å². The van der Waals surface area contributed by atoms with Gasteiger partial charge in [-0.05, 0) is 19.1 Å². The number of nitrogens with one attached hydrogen (secondary N) is 1. The fourth-order valence-electron chi connectivity index (χ4n) is 1.32. The molecule has 0 aliphatic carbocycles. The summed E-state index contributed by atoms with van der Waals surface area (Å²) in [7, 11) is 0. The number of nitrogens with two attached hydrogens (primary N) is 1. The van der Waals surface area contributed by atoms with Gasteiger partial charge in [-0.1, -0.05) is 29.3 Å². The van der Waals surface area contributed by atoms with E-state index in [1.54, 1.807) is 24.4 Å². The van der Waals surface area contributed by atoms with Gasteiger partial charge in [0.1, 0.15) is 5.82 Å². The Balaban J connectivity index is 2.41. The standard InChI is InChI=1S/C11H10Cl2N4/c1-6-5-15-11(14)17-10(6)16-9-7(12)3-2-4-8(9)13/h2-5H,1H3,(H3,14,15,16,17). The van der Waals surface area contributed by atoms with Crippen LogP contribution >= 0.6 is 23.2 Å². The third kappa shape index (κ3) is 2.60. The van der Waals surface area contributed by atoms with E-state index in [2.05, 4.69) is 15.3 Å². The van der Waals surface area contributed by atoms with Crippen LogP contribution < -0.4 is 11.1 Å². The molecule has 1 aromatic carbocycles. The maximum absolute atomic E-state index is 6.05.